The Balaban J connectivity index is 2.75. The third-order valence-electron chi connectivity index (χ3n) is 2.61. The number of nitrogens with zero attached hydrogens (tertiary/aromatic N) is 3. The van der Waals surface area contributed by atoms with Gasteiger partial charge in [0, 0.05) is 30.7 Å². The standard InChI is InChI=1S/C14H16N4O/c1-2-18(7-8-19)14-5-3-13(4-6-14)17-11-12(9-15)10-16/h3-6,11,17,19H,2,7-8H2,1H3. The van der Waals surface area contributed by atoms with E-state index in [4.69, 9.17) is 15.6 Å². The first kappa shape index (κ1) is 14.6. The molecule has 0 saturated heterocycles. The van der Waals surface area contributed by atoms with Gasteiger partial charge in [-0.2, -0.15) is 10.5 Å². The Kier molecular flexibility index (Phi) is 5.94. The minimum absolute atomic E-state index is 0.0274. The number of allylic oxidation sites excluding steroid dienone is 1. The molecule has 5 heteroatoms. The summed E-state index contributed by atoms with van der Waals surface area (Å²) in [5.41, 5.74) is 1.85. The summed E-state index contributed by atoms with van der Waals surface area (Å²) in [4.78, 5) is 2.05. The Morgan fingerprint density at radius 3 is 2.42 bits per heavy atom. The minimum atomic E-state index is 0.0274. The number of hydrogen-bond donors (Lipinski definition) is 2. The van der Waals surface area contributed by atoms with Gasteiger partial charge in [0.1, 0.15) is 17.7 Å². The van der Waals surface area contributed by atoms with Gasteiger partial charge >= 0.3 is 0 Å². The van der Waals surface area contributed by atoms with Gasteiger partial charge in [-0.15, -0.1) is 0 Å². The molecule has 0 spiro atoms. The van der Waals surface area contributed by atoms with Gasteiger partial charge in [0.25, 0.3) is 0 Å². The highest BCUT2D eigenvalue weighted by Gasteiger charge is 2.02. The monoisotopic (exact) mass is 256 g/mol. The fourth-order valence-corrected chi connectivity index (χ4v) is 1.60. The van der Waals surface area contributed by atoms with Crippen LogP contribution in [-0.2, 0) is 0 Å². The number of aliphatic hydroxyl groups is 1. The second kappa shape index (κ2) is 7.75. The average molecular weight is 256 g/mol. The Morgan fingerprint density at radius 2 is 1.95 bits per heavy atom. The fraction of sp³-hybridized carbons (Fsp3) is 0.286. The highest BCUT2D eigenvalue weighted by atomic mass is 16.3. The lowest BCUT2D eigenvalue weighted by molar-refractivity contribution is 0.302. The summed E-state index contributed by atoms with van der Waals surface area (Å²) < 4.78 is 0. The smallest absolute Gasteiger partial charge is 0.145 e. The van der Waals surface area contributed by atoms with Crippen molar-refractivity contribution in [2.45, 2.75) is 6.92 Å². The Labute approximate surface area is 113 Å². The second-order valence-electron chi connectivity index (χ2n) is 3.78. The number of rotatable bonds is 6. The van der Waals surface area contributed by atoms with Crippen molar-refractivity contribution in [3.05, 3.63) is 36.0 Å². The largest absolute Gasteiger partial charge is 0.395 e. The summed E-state index contributed by atoms with van der Waals surface area (Å²) >= 11 is 0. The van der Waals surface area contributed by atoms with Crippen LogP contribution in [0.3, 0.4) is 0 Å². The van der Waals surface area contributed by atoms with Gasteiger partial charge in [-0.1, -0.05) is 0 Å². The lowest BCUT2D eigenvalue weighted by Crippen LogP contribution is -2.25. The van der Waals surface area contributed by atoms with Crippen molar-refractivity contribution in [2.75, 3.05) is 29.9 Å². The first-order chi connectivity index (χ1) is 9.24. The zero-order valence-electron chi connectivity index (χ0n) is 10.8. The molecular weight excluding hydrogens is 240 g/mol. The second-order valence-corrected chi connectivity index (χ2v) is 3.78. The van der Waals surface area contributed by atoms with Crippen LogP contribution in [0.15, 0.2) is 36.0 Å². The molecule has 19 heavy (non-hydrogen) atoms. The molecule has 0 aromatic heterocycles. The van der Waals surface area contributed by atoms with Crippen LogP contribution in [0, 0.1) is 22.7 Å². The summed E-state index contributed by atoms with van der Waals surface area (Å²) in [5, 5.41) is 29.0. The van der Waals surface area contributed by atoms with Crippen LogP contribution in [0.25, 0.3) is 0 Å². The molecule has 0 aliphatic carbocycles. The van der Waals surface area contributed by atoms with Gasteiger partial charge in [0.15, 0.2) is 0 Å². The summed E-state index contributed by atoms with van der Waals surface area (Å²) in [6, 6.07) is 11.1. The van der Waals surface area contributed by atoms with Crippen molar-refractivity contribution in [1.29, 1.82) is 10.5 Å². The van der Waals surface area contributed by atoms with E-state index in [1.54, 1.807) is 12.1 Å². The maximum atomic E-state index is 8.96. The molecule has 0 bridgehead atoms. The Bertz CT molecular complexity index is 492. The van der Waals surface area contributed by atoms with E-state index < -0.39 is 0 Å². The van der Waals surface area contributed by atoms with Crippen LogP contribution in [0.2, 0.25) is 0 Å². The van der Waals surface area contributed by atoms with Crippen LogP contribution >= 0.6 is 0 Å². The van der Waals surface area contributed by atoms with E-state index in [1.165, 1.54) is 6.20 Å². The van der Waals surface area contributed by atoms with Crippen molar-refractivity contribution in [2.24, 2.45) is 0 Å². The van der Waals surface area contributed by atoms with Crippen LogP contribution in [-0.4, -0.2) is 24.8 Å². The molecule has 0 atom stereocenters. The van der Waals surface area contributed by atoms with Crippen LogP contribution in [0.5, 0.6) is 0 Å². The molecule has 1 rings (SSSR count). The summed E-state index contributed by atoms with van der Waals surface area (Å²) in [7, 11) is 0. The summed E-state index contributed by atoms with van der Waals surface area (Å²) in [6.07, 6.45) is 1.38. The van der Waals surface area contributed by atoms with Gasteiger partial charge < -0.3 is 15.3 Å². The van der Waals surface area contributed by atoms with Crippen LogP contribution in [0.4, 0.5) is 11.4 Å². The van der Waals surface area contributed by atoms with E-state index in [1.807, 2.05) is 31.2 Å². The first-order valence-corrected chi connectivity index (χ1v) is 5.98. The molecule has 2 N–H and O–H groups in total. The Morgan fingerprint density at radius 1 is 1.32 bits per heavy atom. The predicted octanol–water partition coefficient (Wildman–Crippen LogP) is 1.85. The van der Waals surface area contributed by atoms with E-state index in [0.717, 1.165) is 17.9 Å². The number of nitrogens with one attached hydrogen (secondary N) is 1. The normalized spacial score (nSPS) is 9.05. The van der Waals surface area contributed by atoms with Gasteiger partial charge in [-0.25, -0.2) is 0 Å². The van der Waals surface area contributed by atoms with E-state index in [2.05, 4.69) is 10.2 Å². The molecule has 0 amide bonds. The highest BCUT2D eigenvalue weighted by Crippen LogP contribution is 2.17. The van der Waals surface area contributed by atoms with E-state index in [-0.39, 0.29) is 12.2 Å². The molecule has 0 fully saturated rings. The molecule has 0 aliphatic rings. The van der Waals surface area contributed by atoms with Gasteiger partial charge in [0.2, 0.25) is 0 Å². The number of aliphatic hydroxyl groups excluding tert-OH is 1. The number of benzene rings is 1. The molecule has 0 aliphatic heterocycles. The lowest BCUT2D eigenvalue weighted by Gasteiger charge is -2.22. The first-order valence-electron chi connectivity index (χ1n) is 5.98. The Hall–Kier alpha value is -2.50. The molecule has 0 saturated carbocycles. The van der Waals surface area contributed by atoms with Crippen LogP contribution < -0.4 is 10.2 Å². The topological polar surface area (TPSA) is 83.1 Å². The zero-order chi connectivity index (χ0) is 14.1. The van der Waals surface area contributed by atoms with Gasteiger partial charge in [-0.3, -0.25) is 0 Å². The lowest BCUT2D eigenvalue weighted by atomic mass is 10.2. The molecule has 1 aromatic carbocycles. The summed E-state index contributed by atoms with van der Waals surface area (Å²) in [6.45, 7) is 3.55. The summed E-state index contributed by atoms with van der Waals surface area (Å²) in [5.74, 6) is 0. The molecule has 0 heterocycles. The van der Waals surface area contributed by atoms with E-state index in [9.17, 15) is 0 Å². The van der Waals surface area contributed by atoms with E-state index >= 15 is 0 Å². The highest BCUT2D eigenvalue weighted by molar-refractivity contribution is 5.57. The zero-order valence-corrected chi connectivity index (χ0v) is 10.8. The predicted molar refractivity (Wildman–Crippen MR) is 74.3 cm³/mol. The maximum Gasteiger partial charge on any atom is 0.145 e. The van der Waals surface area contributed by atoms with Crippen LogP contribution in [0.1, 0.15) is 6.92 Å². The molecular formula is C14H16N4O. The third-order valence-corrected chi connectivity index (χ3v) is 2.61. The third kappa shape index (κ3) is 4.34. The fourth-order valence-electron chi connectivity index (χ4n) is 1.60. The number of nitriles is 2. The molecule has 5 nitrogen and oxygen atoms in total. The molecule has 98 valence electrons. The maximum absolute atomic E-state index is 8.96. The van der Waals surface area contributed by atoms with Crippen molar-refractivity contribution >= 4 is 11.4 Å². The van der Waals surface area contributed by atoms with Crippen molar-refractivity contribution in [1.82, 2.24) is 0 Å². The minimum Gasteiger partial charge on any atom is -0.395 e. The van der Waals surface area contributed by atoms with Crippen molar-refractivity contribution < 1.29 is 5.11 Å². The van der Waals surface area contributed by atoms with Crippen molar-refractivity contribution in [3.8, 4) is 12.1 Å². The van der Waals surface area contributed by atoms with Gasteiger partial charge in [0.05, 0.1) is 6.61 Å². The number of likely N-dealkylation sites (N-methyl/N-ethyl adjacent to an activating group) is 1. The number of hydrogen-bond acceptors (Lipinski definition) is 5. The SMILES string of the molecule is CCN(CCO)c1ccc(NC=C(C#N)C#N)cc1. The van der Waals surface area contributed by atoms with E-state index in [0.29, 0.717) is 6.54 Å². The molecule has 0 unspecified atom stereocenters. The molecule has 1 aromatic rings. The number of anilines is 2. The van der Waals surface area contributed by atoms with Crippen molar-refractivity contribution in [3.63, 3.8) is 0 Å². The molecule has 0 radical (unpaired) electrons. The van der Waals surface area contributed by atoms with Gasteiger partial charge in [-0.05, 0) is 31.2 Å². The quantitative estimate of drug-likeness (QED) is 0.759. The average Bonchev–Trinajstić information content (AvgIpc) is 2.46.